The first-order chi connectivity index (χ1) is 12.1. The Balaban J connectivity index is 1.91. The summed E-state index contributed by atoms with van der Waals surface area (Å²) in [6.45, 7) is 2.91. The first-order valence-electron chi connectivity index (χ1n) is 8.65. The Kier molecular flexibility index (Phi) is 5.03. The summed E-state index contributed by atoms with van der Waals surface area (Å²) in [6.07, 6.45) is 1.69. The Bertz CT molecular complexity index is 651. The zero-order valence-electron chi connectivity index (χ0n) is 14.7. The summed E-state index contributed by atoms with van der Waals surface area (Å²) in [5.74, 6) is -0.137. The maximum Gasteiger partial charge on any atom is 0.245 e. The number of amides is 3. The molecule has 3 amide bonds. The molecule has 0 radical (unpaired) electrons. The van der Waals surface area contributed by atoms with E-state index in [4.69, 9.17) is 0 Å². The molecule has 1 unspecified atom stereocenters. The van der Waals surface area contributed by atoms with Gasteiger partial charge in [0, 0.05) is 13.6 Å². The molecule has 2 heterocycles. The quantitative estimate of drug-likeness (QED) is 0.737. The first kappa shape index (κ1) is 17.4. The third-order valence-corrected chi connectivity index (χ3v) is 4.88. The molecule has 0 aromatic heterocycles. The highest BCUT2D eigenvalue weighted by molar-refractivity contribution is 5.90. The monoisotopic (exact) mass is 344 g/mol. The zero-order chi connectivity index (χ0) is 18.0. The Morgan fingerprint density at radius 2 is 1.92 bits per heavy atom. The summed E-state index contributed by atoms with van der Waals surface area (Å²) >= 11 is 0. The maximum atomic E-state index is 13.0. The molecular weight excluding hydrogens is 320 g/mol. The number of piperazine rings is 1. The van der Waals surface area contributed by atoms with Crippen molar-refractivity contribution in [1.29, 1.82) is 0 Å². The van der Waals surface area contributed by atoms with Crippen LogP contribution < -0.4 is 0 Å². The van der Waals surface area contributed by atoms with E-state index in [9.17, 15) is 14.4 Å². The third kappa shape index (κ3) is 3.24. The Morgan fingerprint density at radius 3 is 2.56 bits per heavy atom. The van der Waals surface area contributed by atoms with Crippen LogP contribution in [0.2, 0.25) is 0 Å². The number of likely N-dealkylation sites (N-methyl/N-ethyl adjacent to an activating group) is 1. The highest BCUT2D eigenvalue weighted by Crippen LogP contribution is 2.27. The number of hydrogen-bond acceptors (Lipinski definition) is 4. The second kappa shape index (κ2) is 7.23. The number of benzene rings is 1. The van der Waals surface area contributed by atoms with Crippen LogP contribution in [0, 0.1) is 0 Å². The molecule has 7 nitrogen and oxygen atoms in total. The van der Waals surface area contributed by atoms with Gasteiger partial charge in [-0.2, -0.15) is 0 Å². The maximum absolute atomic E-state index is 13.0. The Morgan fingerprint density at radius 1 is 1.20 bits per heavy atom. The zero-order valence-corrected chi connectivity index (χ0v) is 14.7. The Labute approximate surface area is 147 Å². The molecule has 7 heteroatoms. The molecule has 0 spiro atoms. The van der Waals surface area contributed by atoms with Crippen molar-refractivity contribution in [3.05, 3.63) is 35.9 Å². The molecule has 2 aliphatic rings. The van der Waals surface area contributed by atoms with Gasteiger partial charge in [-0.25, -0.2) is 5.01 Å². The van der Waals surface area contributed by atoms with Gasteiger partial charge in [0.05, 0.1) is 13.1 Å². The summed E-state index contributed by atoms with van der Waals surface area (Å²) in [4.78, 5) is 40.5. The minimum absolute atomic E-state index is 0.0364. The van der Waals surface area contributed by atoms with Gasteiger partial charge in [-0.15, -0.1) is 0 Å². The molecule has 1 aromatic carbocycles. The molecule has 0 bridgehead atoms. The van der Waals surface area contributed by atoms with E-state index in [-0.39, 0.29) is 18.4 Å². The minimum atomic E-state index is -0.504. The van der Waals surface area contributed by atoms with E-state index in [1.165, 1.54) is 5.01 Å². The summed E-state index contributed by atoms with van der Waals surface area (Å²) in [6, 6.07) is 9.26. The number of fused-ring (bicyclic) bond motifs is 1. The summed E-state index contributed by atoms with van der Waals surface area (Å²) < 4.78 is 0. The predicted molar refractivity (Wildman–Crippen MR) is 91.7 cm³/mol. The molecule has 1 aromatic rings. The number of hydrazine groups is 1. The van der Waals surface area contributed by atoms with Gasteiger partial charge in [0.1, 0.15) is 12.2 Å². The van der Waals surface area contributed by atoms with E-state index in [1.54, 1.807) is 21.9 Å². The van der Waals surface area contributed by atoms with E-state index >= 15 is 0 Å². The van der Waals surface area contributed by atoms with Crippen LogP contribution >= 0.6 is 0 Å². The molecule has 2 saturated heterocycles. The lowest BCUT2D eigenvalue weighted by molar-refractivity contribution is -0.197. The second-order valence-electron chi connectivity index (χ2n) is 6.59. The van der Waals surface area contributed by atoms with Crippen molar-refractivity contribution in [1.82, 2.24) is 19.8 Å². The van der Waals surface area contributed by atoms with E-state index in [0.717, 1.165) is 18.4 Å². The van der Waals surface area contributed by atoms with Gasteiger partial charge in [-0.1, -0.05) is 43.7 Å². The average molecular weight is 344 g/mol. The summed E-state index contributed by atoms with van der Waals surface area (Å²) in [7, 11) is 1.72. The molecule has 2 fully saturated rings. The van der Waals surface area contributed by atoms with Crippen LogP contribution in [0.25, 0.3) is 0 Å². The lowest BCUT2D eigenvalue weighted by Crippen LogP contribution is -2.73. The average Bonchev–Trinajstić information content (AvgIpc) is 2.59. The van der Waals surface area contributed by atoms with E-state index in [1.807, 2.05) is 37.3 Å². The predicted octanol–water partition coefficient (Wildman–Crippen LogP) is 0.671. The van der Waals surface area contributed by atoms with Crippen molar-refractivity contribution in [2.45, 2.75) is 38.5 Å². The lowest BCUT2D eigenvalue weighted by Gasteiger charge is -2.53. The molecule has 2 aliphatic heterocycles. The van der Waals surface area contributed by atoms with Crippen LogP contribution in [0.5, 0.6) is 0 Å². The standard InChI is InChI=1S/C18H24N4O3/c1-3-7-15-18(25)20(10-14-8-5-4-6-9-14)11-16-21(13-23)19(2)12-17(24)22(15)16/h4-6,8-9,13,15-16H,3,7,10-12H2,1-2H3/t15-,16?/m0/s1. The van der Waals surface area contributed by atoms with Crippen LogP contribution in [0.1, 0.15) is 25.3 Å². The molecule has 25 heavy (non-hydrogen) atoms. The number of nitrogens with zero attached hydrogens (tertiary/aromatic N) is 4. The fourth-order valence-electron chi connectivity index (χ4n) is 3.68. The van der Waals surface area contributed by atoms with Crippen LogP contribution in [-0.2, 0) is 20.9 Å². The van der Waals surface area contributed by atoms with Gasteiger partial charge in [-0.05, 0) is 12.0 Å². The van der Waals surface area contributed by atoms with Crippen molar-refractivity contribution >= 4 is 18.2 Å². The number of hydrogen-bond donors (Lipinski definition) is 0. The van der Waals surface area contributed by atoms with Crippen molar-refractivity contribution in [2.24, 2.45) is 0 Å². The third-order valence-electron chi connectivity index (χ3n) is 4.88. The highest BCUT2D eigenvalue weighted by Gasteiger charge is 2.48. The number of rotatable bonds is 5. The first-order valence-corrected chi connectivity index (χ1v) is 8.65. The summed E-state index contributed by atoms with van der Waals surface area (Å²) in [5, 5.41) is 3.14. The van der Waals surface area contributed by atoms with Crippen LogP contribution in [0.15, 0.2) is 30.3 Å². The fourth-order valence-corrected chi connectivity index (χ4v) is 3.68. The van der Waals surface area contributed by atoms with Crippen molar-refractivity contribution in [3.63, 3.8) is 0 Å². The van der Waals surface area contributed by atoms with E-state index in [0.29, 0.717) is 19.5 Å². The molecule has 2 atom stereocenters. The SMILES string of the molecule is CCC[C@H]1C(=O)N(Cc2ccccc2)CC2N1C(=O)CN(C)N2C=O. The molecular formula is C18H24N4O3. The van der Waals surface area contributed by atoms with E-state index < -0.39 is 12.2 Å². The van der Waals surface area contributed by atoms with Crippen molar-refractivity contribution < 1.29 is 14.4 Å². The normalized spacial score (nSPS) is 24.5. The van der Waals surface area contributed by atoms with Gasteiger partial charge < -0.3 is 9.80 Å². The lowest BCUT2D eigenvalue weighted by atomic mass is 10.0. The van der Waals surface area contributed by atoms with Crippen LogP contribution in [-0.4, -0.2) is 70.4 Å². The molecule has 3 rings (SSSR count). The second-order valence-corrected chi connectivity index (χ2v) is 6.59. The molecule has 0 aliphatic carbocycles. The topological polar surface area (TPSA) is 64.2 Å². The molecule has 0 saturated carbocycles. The van der Waals surface area contributed by atoms with Gasteiger partial charge >= 0.3 is 0 Å². The van der Waals surface area contributed by atoms with Gasteiger partial charge in [-0.3, -0.25) is 19.4 Å². The largest absolute Gasteiger partial charge is 0.333 e. The highest BCUT2D eigenvalue weighted by atomic mass is 16.2. The van der Waals surface area contributed by atoms with Gasteiger partial charge in [0.25, 0.3) is 0 Å². The minimum Gasteiger partial charge on any atom is -0.333 e. The van der Waals surface area contributed by atoms with Gasteiger partial charge in [0.2, 0.25) is 18.2 Å². The van der Waals surface area contributed by atoms with Gasteiger partial charge in [0.15, 0.2) is 0 Å². The smallest absolute Gasteiger partial charge is 0.245 e. The fraction of sp³-hybridized carbons (Fsp3) is 0.500. The van der Waals surface area contributed by atoms with Crippen molar-refractivity contribution in [3.8, 4) is 0 Å². The van der Waals surface area contributed by atoms with Crippen molar-refractivity contribution in [2.75, 3.05) is 20.1 Å². The number of carbonyl (C=O) groups is 3. The molecule has 0 N–H and O–H groups in total. The van der Waals surface area contributed by atoms with Crippen LogP contribution in [0.4, 0.5) is 0 Å². The van der Waals surface area contributed by atoms with Crippen LogP contribution in [0.3, 0.4) is 0 Å². The summed E-state index contributed by atoms with van der Waals surface area (Å²) in [5.41, 5.74) is 1.03. The number of carbonyl (C=O) groups excluding carboxylic acids is 3. The Hall–Kier alpha value is -2.41. The van der Waals surface area contributed by atoms with E-state index in [2.05, 4.69) is 0 Å². The molecule has 134 valence electrons.